The number of aromatic nitrogens is 2. The minimum atomic E-state index is -0.628. The normalized spacial score (nSPS) is 12.2. The maximum absolute atomic E-state index is 11.4. The quantitative estimate of drug-likeness (QED) is 0.628. The van der Waals surface area contributed by atoms with Crippen LogP contribution in [-0.4, -0.2) is 22.8 Å². The van der Waals surface area contributed by atoms with Crippen LogP contribution in [0, 0.1) is 0 Å². The van der Waals surface area contributed by atoms with Crippen LogP contribution in [0.2, 0.25) is 5.02 Å². The van der Waals surface area contributed by atoms with Crippen LogP contribution in [0.5, 0.6) is 0 Å². The van der Waals surface area contributed by atoms with Gasteiger partial charge in [-0.3, -0.25) is 0 Å². The van der Waals surface area contributed by atoms with Gasteiger partial charge in [-0.1, -0.05) is 39.7 Å². The molecular weight excluding hydrogens is 336 g/mol. The third kappa shape index (κ3) is 3.33. The summed E-state index contributed by atoms with van der Waals surface area (Å²) in [6.07, 6.45) is 0. The van der Waals surface area contributed by atoms with Gasteiger partial charge in [0.2, 0.25) is 5.89 Å². The highest BCUT2D eigenvalue weighted by Crippen LogP contribution is 2.30. The van der Waals surface area contributed by atoms with E-state index in [9.17, 15) is 4.79 Å². The van der Waals surface area contributed by atoms with Gasteiger partial charge in [0.05, 0.1) is 6.61 Å². The van der Waals surface area contributed by atoms with E-state index < -0.39 is 5.97 Å². The largest absolute Gasteiger partial charge is 0.459 e. The molecule has 2 rings (SSSR count). The van der Waals surface area contributed by atoms with E-state index in [-0.39, 0.29) is 23.2 Å². The van der Waals surface area contributed by atoms with E-state index in [1.165, 1.54) is 0 Å². The van der Waals surface area contributed by atoms with Crippen molar-refractivity contribution in [1.82, 2.24) is 10.2 Å². The van der Waals surface area contributed by atoms with Crippen molar-refractivity contribution in [1.29, 1.82) is 0 Å². The lowest BCUT2D eigenvalue weighted by Crippen LogP contribution is -2.04. The van der Waals surface area contributed by atoms with E-state index in [1.807, 2.05) is 12.1 Å². The average molecular weight is 346 g/mol. The number of esters is 1. The maximum atomic E-state index is 11.4. The molecule has 0 saturated carbocycles. The second-order valence-electron chi connectivity index (χ2n) is 3.58. The standard InChI is InChI=1S/C12H10BrClN2O3/c1-2-18-12(17)11-16-15-10(19-11)9(13)7-3-5-8(14)6-4-7/h3-6,9H,2H2,1H3. The summed E-state index contributed by atoms with van der Waals surface area (Å²) in [7, 11) is 0. The van der Waals surface area contributed by atoms with Crippen molar-refractivity contribution in [2.75, 3.05) is 6.61 Å². The zero-order valence-corrected chi connectivity index (χ0v) is 12.3. The number of alkyl halides is 1. The molecule has 0 N–H and O–H groups in total. The SMILES string of the molecule is CCOC(=O)c1nnc(C(Br)c2ccc(Cl)cc2)o1. The van der Waals surface area contributed by atoms with Gasteiger partial charge in [-0.2, -0.15) is 0 Å². The molecule has 0 spiro atoms. The van der Waals surface area contributed by atoms with E-state index in [4.69, 9.17) is 20.8 Å². The summed E-state index contributed by atoms with van der Waals surface area (Å²) >= 11 is 9.24. The van der Waals surface area contributed by atoms with Crippen molar-refractivity contribution in [3.8, 4) is 0 Å². The minimum Gasteiger partial charge on any atom is -0.459 e. The Morgan fingerprint density at radius 2 is 2.11 bits per heavy atom. The van der Waals surface area contributed by atoms with Crippen LogP contribution in [0.3, 0.4) is 0 Å². The molecule has 0 bridgehead atoms. The molecule has 0 amide bonds. The van der Waals surface area contributed by atoms with E-state index in [0.29, 0.717) is 5.02 Å². The number of hydrogen-bond donors (Lipinski definition) is 0. The summed E-state index contributed by atoms with van der Waals surface area (Å²) in [5.74, 6) is -0.502. The summed E-state index contributed by atoms with van der Waals surface area (Å²) in [6, 6.07) is 7.17. The van der Waals surface area contributed by atoms with Crippen LogP contribution in [-0.2, 0) is 4.74 Å². The van der Waals surface area contributed by atoms with Crippen molar-refractivity contribution in [3.05, 3.63) is 46.6 Å². The fourth-order valence-corrected chi connectivity index (χ4v) is 2.00. The highest BCUT2D eigenvalue weighted by Gasteiger charge is 2.21. The molecule has 100 valence electrons. The summed E-state index contributed by atoms with van der Waals surface area (Å²) < 4.78 is 10.0. The molecule has 1 aromatic carbocycles. The number of carbonyl (C=O) groups is 1. The number of hydrogen-bond acceptors (Lipinski definition) is 5. The van der Waals surface area contributed by atoms with Gasteiger partial charge in [-0.25, -0.2) is 4.79 Å². The first-order valence-electron chi connectivity index (χ1n) is 5.52. The fraction of sp³-hybridized carbons (Fsp3) is 0.250. The van der Waals surface area contributed by atoms with Crippen molar-refractivity contribution in [2.24, 2.45) is 0 Å². The summed E-state index contributed by atoms with van der Waals surface area (Å²) in [6.45, 7) is 1.96. The molecule has 7 heteroatoms. The number of rotatable bonds is 4. The van der Waals surface area contributed by atoms with Crippen LogP contribution >= 0.6 is 27.5 Å². The first kappa shape index (κ1) is 14.0. The lowest BCUT2D eigenvalue weighted by Gasteiger charge is -2.04. The first-order valence-corrected chi connectivity index (χ1v) is 6.81. The Balaban J connectivity index is 2.18. The van der Waals surface area contributed by atoms with Crippen LogP contribution in [0.15, 0.2) is 28.7 Å². The molecule has 5 nitrogen and oxygen atoms in total. The first-order chi connectivity index (χ1) is 9.11. The number of ether oxygens (including phenoxy) is 1. The molecule has 1 aromatic heterocycles. The van der Waals surface area contributed by atoms with Crippen LogP contribution < -0.4 is 0 Å². The van der Waals surface area contributed by atoms with Gasteiger partial charge in [0.15, 0.2) is 0 Å². The van der Waals surface area contributed by atoms with Crippen molar-refractivity contribution in [3.63, 3.8) is 0 Å². The highest BCUT2D eigenvalue weighted by atomic mass is 79.9. The van der Waals surface area contributed by atoms with Gasteiger partial charge >= 0.3 is 11.9 Å². The third-order valence-corrected chi connectivity index (χ3v) is 3.44. The van der Waals surface area contributed by atoms with E-state index in [0.717, 1.165) is 5.56 Å². The molecule has 1 unspecified atom stereocenters. The number of carbonyl (C=O) groups excluding carboxylic acids is 1. The Labute approximate surface area is 123 Å². The van der Waals surface area contributed by atoms with Gasteiger partial charge in [-0.05, 0) is 24.6 Å². The van der Waals surface area contributed by atoms with Gasteiger partial charge in [0.25, 0.3) is 0 Å². The van der Waals surface area contributed by atoms with E-state index >= 15 is 0 Å². The smallest absolute Gasteiger partial charge is 0.396 e. The Morgan fingerprint density at radius 1 is 1.42 bits per heavy atom. The molecule has 0 saturated heterocycles. The number of halogens is 2. The molecular formula is C12H10BrClN2O3. The molecule has 1 atom stereocenters. The van der Waals surface area contributed by atoms with Crippen molar-refractivity contribution >= 4 is 33.5 Å². The Morgan fingerprint density at radius 3 is 2.74 bits per heavy atom. The van der Waals surface area contributed by atoms with Gasteiger partial charge in [0, 0.05) is 5.02 Å². The van der Waals surface area contributed by atoms with E-state index in [1.54, 1.807) is 19.1 Å². The summed E-state index contributed by atoms with van der Waals surface area (Å²) in [5.41, 5.74) is 0.892. The molecule has 0 radical (unpaired) electrons. The van der Waals surface area contributed by atoms with Gasteiger partial charge < -0.3 is 9.15 Å². The Hall–Kier alpha value is -1.40. The Bertz CT molecular complexity index is 571. The van der Waals surface area contributed by atoms with Crippen molar-refractivity contribution in [2.45, 2.75) is 11.8 Å². The second kappa shape index (κ2) is 6.16. The van der Waals surface area contributed by atoms with Crippen LogP contribution in [0.25, 0.3) is 0 Å². The topological polar surface area (TPSA) is 65.2 Å². The minimum absolute atomic E-state index is 0.157. The second-order valence-corrected chi connectivity index (χ2v) is 4.93. The molecule has 0 aliphatic rings. The molecule has 2 aromatic rings. The zero-order chi connectivity index (χ0) is 13.8. The van der Waals surface area contributed by atoms with Crippen LogP contribution in [0.1, 0.15) is 33.9 Å². The Kier molecular flexibility index (Phi) is 4.55. The van der Waals surface area contributed by atoms with Gasteiger partial charge in [-0.15, -0.1) is 10.2 Å². The molecule has 1 heterocycles. The molecule has 0 fully saturated rings. The lowest BCUT2D eigenvalue weighted by molar-refractivity contribution is 0.0479. The van der Waals surface area contributed by atoms with Crippen LogP contribution in [0.4, 0.5) is 0 Å². The average Bonchev–Trinajstić information content (AvgIpc) is 2.89. The fourth-order valence-electron chi connectivity index (χ4n) is 1.39. The summed E-state index contributed by atoms with van der Waals surface area (Å²) in [4.78, 5) is 11.1. The van der Waals surface area contributed by atoms with Crippen molar-refractivity contribution < 1.29 is 13.9 Å². The highest BCUT2D eigenvalue weighted by molar-refractivity contribution is 9.09. The number of benzene rings is 1. The molecule has 0 aliphatic carbocycles. The van der Waals surface area contributed by atoms with E-state index in [2.05, 4.69) is 26.1 Å². The maximum Gasteiger partial charge on any atom is 0.396 e. The number of nitrogens with zero attached hydrogens (tertiary/aromatic N) is 2. The monoisotopic (exact) mass is 344 g/mol. The summed E-state index contributed by atoms with van der Waals surface area (Å²) in [5, 5.41) is 8.11. The molecule has 19 heavy (non-hydrogen) atoms. The third-order valence-electron chi connectivity index (χ3n) is 2.27. The molecule has 0 aliphatic heterocycles. The predicted molar refractivity (Wildman–Crippen MR) is 72.5 cm³/mol. The zero-order valence-electron chi connectivity index (χ0n) is 9.97. The lowest BCUT2D eigenvalue weighted by atomic mass is 10.1. The predicted octanol–water partition coefficient (Wildman–Crippen LogP) is 3.38. The van der Waals surface area contributed by atoms with Gasteiger partial charge in [0.1, 0.15) is 4.83 Å².